The molecule has 1 aromatic carbocycles. The predicted octanol–water partition coefficient (Wildman–Crippen LogP) is 3.39. The van der Waals surface area contributed by atoms with E-state index < -0.39 is 54.1 Å². The molecule has 0 aliphatic carbocycles. The van der Waals surface area contributed by atoms with Gasteiger partial charge in [0.05, 0.1) is 0 Å². The molecule has 3 atom stereocenters. The molecule has 0 saturated carbocycles. The highest BCUT2D eigenvalue weighted by Crippen LogP contribution is 2.39. The number of alkyl halides is 4. The van der Waals surface area contributed by atoms with Gasteiger partial charge in [-0.2, -0.15) is 8.78 Å². The van der Waals surface area contributed by atoms with Crippen LogP contribution in [0.15, 0.2) is 33.9 Å². The number of halogens is 5. The fraction of sp³-hybridized carbons (Fsp3) is 0.421. The van der Waals surface area contributed by atoms with Crippen LogP contribution >= 0.6 is 0 Å². The minimum atomic E-state index is -3.00. The molecule has 31 heavy (non-hydrogen) atoms. The van der Waals surface area contributed by atoms with E-state index >= 15 is 0 Å². The van der Waals surface area contributed by atoms with Gasteiger partial charge in [-0.05, 0) is 24.6 Å². The number of amidine groups is 1. The molecule has 0 fully saturated rings. The molecule has 0 spiro atoms. The Morgan fingerprint density at radius 1 is 1.32 bits per heavy atom. The van der Waals surface area contributed by atoms with E-state index in [2.05, 4.69) is 14.4 Å². The van der Waals surface area contributed by atoms with Gasteiger partial charge in [-0.1, -0.05) is 6.07 Å². The van der Waals surface area contributed by atoms with E-state index in [1.54, 1.807) is 0 Å². The molecule has 1 aromatic heterocycles. The number of nitrogens with zero attached hydrogens (tertiary/aromatic N) is 2. The molecule has 12 heteroatoms. The first-order chi connectivity index (χ1) is 14.6. The van der Waals surface area contributed by atoms with Crippen LogP contribution in [-0.4, -0.2) is 42.5 Å². The minimum absolute atomic E-state index is 0.157. The molecule has 2 N–H and O–H groups in total. The number of benzene rings is 1. The Morgan fingerprint density at radius 2 is 2.03 bits per heavy atom. The second kappa shape index (κ2) is 8.61. The van der Waals surface area contributed by atoms with Crippen molar-refractivity contribution in [3.05, 3.63) is 53.0 Å². The Hall–Kier alpha value is -3.02. The number of rotatable bonds is 7. The van der Waals surface area contributed by atoms with Crippen molar-refractivity contribution in [2.45, 2.75) is 43.9 Å². The largest absolute Gasteiger partial charge is 0.453 e. The van der Waals surface area contributed by atoms with Crippen LogP contribution in [0.3, 0.4) is 0 Å². The highest BCUT2D eigenvalue weighted by Gasteiger charge is 2.51. The summed E-state index contributed by atoms with van der Waals surface area (Å²) in [5.74, 6) is -2.36. The number of methoxy groups -OCH3 is 1. The minimum Gasteiger partial charge on any atom is -0.453 e. The van der Waals surface area contributed by atoms with Gasteiger partial charge >= 0.3 is 6.43 Å². The summed E-state index contributed by atoms with van der Waals surface area (Å²) >= 11 is 0. The molecule has 1 aliphatic heterocycles. The SMILES string of the molecule is CO[C@H]1[C@@H](C(F)F)OC(N)=N[C@]1(C)c1cc(CC(=O)c2coc(C(F)F)n2)ccc1F. The summed E-state index contributed by atoms with van der Waals surface area (Å²) in [6.07, 6.45) is -8.73. The number of hydrogen-bond donors (Lipinski definition) is 1. The lowest BCUT2D eigenvalue weighted by Crippen LogP contribution is -2.55. The Labute approximate surface area is 173 Å². The lowest BCUT2D eigenvalue weighted by Gasteiger charge is -2.41. The average Bonchev–Trinajstić information content (AvgIpc) is 3.19. The van der Waals surface area contributed by atoms with Gasteiger partial charge in [0.25, 0.3) is 18.3 Å². The summed E-state index contributed by atoms with van der Waals surface area (Å²) < 4.78 is 81.4. The Bertz CT molecular complexity index is 997. The standard InChI is InChI=1S/C19H18F5N3O4/c1-19(14(29-2)13(15(21)22)31-18(25)27-19)9-5-8(3-4-10(9)20)6-12(28)11-7-30-17(26-11)16(23)24/h3-5,7,13-16H,6H2,1-2H3,(H2,25,27)/t13-,14-,19+/m0/s1. The maximum atomic E-state index is 14.7. The molecule has 0 unspecified atom stereocenters. The zero-order valence-electron chi connectivity index (χ0n) is 16.3. The topological polar surface area (TPSA) is 99.9 Å². The molecule has 2 heterocycles. The Balaban J connectivity index is 1.96. The summed E-state index contributed by atoms with van der Waals surface area (Å²) in [6, 6.07) is 3.00. The van der Waals surface area contributed by atoms with Crippen LogP contribution in [0, 0.1) is 5.82 Å². The first-order valence-corrected chi connectivity index (χ1v) is 8.95. The van der Waals surface area contributed by atoms with Crippen molar-refractivity contribution in [3.63, 3.8) is 0 Å². The predicted molar refractivity (Wildman–Crippen MR) is 96.5 cm³/mol. The Morgan fingerprint density at radius 3 is 2.61 bits per heavy atom. The fourth-order valence-electron chi connectivity index (χ4n) is 3.46. The summed E-state index contributed by atoms with van der Waals surface area (Å²) in [5.41, 5.74) is 3.62. The first-order valence-electron chi connectivity index (χ1n) is 8.95. The maximum Gasteiger partial charge on any atom is 0.313 e. The van der Waals surface area contributed by atoms with Crippen LogP contribution in [-0.2, 0) is 21.4 Å². The molecule has 3 rings (SSSR count). The normalized spacial score (nSPS) is 23.7. The highest BCUT2D eigenvalue weighted by molar-refractivity contribution is 5.95. The molecule has 168 valence electrons. The summed E-state index contributed by atoms with van der Waals surface area (Å²) in [5, 5.41) is 0. The molecule has 0 radical (unpaired) electrons. The van der Waals surface area contributed by atoms with Crippen molar-refractivity contribution in [1.82, 2.24) is 4.98 Å². The molecule has 7 nitrogen and oxygen atoms in total. The van der Waals surface area contributed by atoms with Crippen LogP contribution in [0.5, 0.6) is 0 Å². The Kier molecular flexibility index (Phi) is 6.30. The third-order valence-corrected chi connectivity index (χ3v) is 4.89. The van der Waals surface area contributed by atoms with Crippen molar-refractivity contribution < 1.29 is 40.6 Å². The molecule has 1 aliphatic rings. The second-order valence-electron chi connectivity index (χ2n) is 6.96. The van der Waals surface area contributed by atoms with Crippen molar-refractivity contribution in [1.29, 1.82) is 0 Å². The van der Waals surface area contributed by atoms with E-state index in [0.29, 0.717) is 0 Å². The smallest absolute Gasteiger partial charge is 0.313 e. The number of ketones is 1. The van der Waals surface area contributed by atoms with Crippen LogP contribution < -0.4 is 5.73 Å². The van der Waals surface area contributed by atoms with Crippen LogP contribution in [0.25, 0.3) is 0 Å². The summed E-state index contributed by atoms with van der Waals surface area (Å²) in [4.78, 5) is 19.8. The van der Waals surface area contributed by atoms with Gasteiger partial charge in [0, 0.05) is 19.1 Å². The average molecular weight is 447 g/mol. The number of aliphatic imine (C=N–C) groups is 1. The number of carbonyl (C=O) groups is 1. The van der Waals surface area contributed by atoms with Gasteiger partial charge in [-0.3, -0.25) is 4.79 Å². The van der Waals surface area contributed by atoms with Crippen molar-refractivity contribution >= 4 is 11.8 Å². The number of aromatic nitrogens is 1. The van der Waals surface area contributed by atoms with Gasteiger partial charge in [0.15, 0.2) is 11.9 Å². The third kappa shape index (κ3) is 4.38. The lowest BCUT2D eigenvalue weighted by molar-refractivity contribution is -0.121. The highest BCUT2D eigenvalue weighted by atomic mass is 19.3. The van der Waals surface area contributed by atoms with E-state index in [4.69, 9.17) is 15.2 Å². The lowest BCUT2D eigenvalue weighted by atomic mass is 9.82. The maximum absolute atomic E-state index is 14.7. The third-order valence-electron chi connectivity index (χ3n) is 4.89. The molecular formula is C19H18F5N3O4. The quantitative estimate of drug-likeness (QED) is 0.516. The molecule has 2 aromatic rings. The molecular weight excluding hydrogens is 429 g/mol. The zero-order valence-corrected chi connectivity index (χ0v) is 16.3. The molecule has 0 bridgehead atoms. The molecule has 0 saturated heterocycles. The number of Topliss-reactive ketones (excluding diaryl/α,β-unsaturated/α-hetero) is 1. The van der Waals surface area contributed by atoms with Gasteiger partial charge in [0.2, 0.25) is 0 Å². The summed E-state index contributed by atoms with van der Waals surface area (Å²) in [7, 11) is 1.15. The van der Waals surface area contributed by atoms with E-state index in [9.17, 15) is 26.7 Å². The van der Waals surface area contributed by atoms with Gasteiger partial charge in [-0.25, -0.2) is 23.1 Å². The number of carbonyl (C=O) groups excluding carboxylic acids is 1. The van der Waals surface area contributed by atoms with E-state index in [0.717, 1.165) is 19.4 Å². The van der Waals surface area contributed by atoms with E-state index in [1.807, 2.05) is 0 Å². The van der Waals surface area contributed by atoms with Crippen LogP contribution in [0.4, 0.5) is 22.0 Å². The van der Waals surface area contributed by atoms with E-state index in [1.165, 1.54) is 19.1 Å². The zero-order chi connectivity index (χ0) is 22.9. The van der Waals surface area contributed by atoms with Crippen molar-refractivity contribution in [2.75, 3.05) is 7.11 Å². The van der Waals surface area contributed by atoms with E-state index in [-0.39, 0.29) is 23.2 Å². The van der Waals surface area contributed by atoms with Gasteiger partial charge < -0.3 is 19.6 Å². The van der Waals surface area contributed by atoms with Crippen LogP contribution in [0.1, 0.15) is 40.9 Å². The fourth-order valence-corrected chi connectivity index (χ4v) is 3.46. The monoisotopic (exact) mass is 447 g/mol. The molecule has 0 amide bonds. The van der Waals surface area contributed by atoms with Crippen molar-refractivity contribution in [2.24, 2.45) is 10.7 Å². The summed E-state index contributed by atoms with van der Waals surface area (Å²) in [6.45, 7) is 1.35. The number of hydrogen-bond acceptors (Lipinski definition) is 7. The number of ether oxygens (including phenoxy) is 2. The van der Waals surface area contributed by atoms with Gasteiger partial charge in [0.1, 0.15) is 29.4 Å². The second-order valence-corrected chi connectivity index (χ2v) is 6.96. The number of nitrogens with two attached hydrogens (primary N) is 1. The van der Waals surface area contributed by atoms with Crippen LogP contribution in [0.2, 0.25) is 0 Å². The number of oxazole rings is 1. The van der Waals surface area contributed by atoms with Crippen molar-refractivity contribution in [3.8, 4) is 0 Å². The first kappa shape index (κ1) is 22.7. The van der Waals surface area contributed by atoms with Gasteiger partial charge in [-0.15, -0.1) is 0 Å².